The Morgan fingerprint density at radius 3 is 2.62 bits per heavy atom. The highest BCUT2D eigenvalue weighted by Gasteiger charge is 2.48. The first-order valence-corrected chi connectivity index (χ1v) is 13.2. The van der Waals surface area contributed by atoms with Gasteiger partial charge in [-0.2, -0.15) is 11.3 Å². The van der Waals surface area contributed by atoms with Gasteiger partial charge in [0.15, 0.2) is 0 Å². The van der Waals surface area contributed by atoms with Gasteiger partial charge in [0.25, 0.3) is 5.91 Å². The standard InChI is InChI=1S/C28H29N3O2S/c32-27(18-7-2-1-3-8-18)30-24-12-6-10-21(24)28(33)31-15-13-22-25(19-14-16-34-17-19)29-23-11-5-4-9-20(23)26(22)31/h1-5,7-9,11,14,16-17,21-22,24-26,29H,6,10,12-13,15H2,(H,30,32)/t21-,22-,24+,25+,26+/m0/s1. The number of hydrogen-bond acceptors (Lipinski definition) is 4. The molecule has 0 unspecified atom stereocenters. The van der Waals surface area contributed by atoms with Gasteiger partial charge in [-0.3, -0.25) is 9.59 Å². The summed E-state index contributed by atoms with van der Waals surface area (Å²) >= 11 is 1.72. The van der Waals surface area contributed by atoms with E-state index >= 15 is 0 Å². The van der Waals surface area contributed by atoms with Crippen LogP contribution in [0.25, 0.3) is 0 Å². The van der Waals surface area contributed by atoms with E-state index in [-0.39, 0.29) is 35.9 Å². The summed E-state index contributed by atoms with van der Waals surface area (Å²) in [6, 6.07) is 20.1. The summed E-state index contributed by atoms with van der Waals surface area (Å²) in [5, 5.41) is 11.3. The number of rotatable bonds is 4. The van der Waals surface area contributed by atoms with Crippen LogP contribution in [0.3, 0.4) is 0 Å². The van der Waals surface area contributed by atoms with Gasteiger partial charge in [0.1, 0.15) is 0 Å². The van der Waals surface area contributed by atoms with E-state index in [0.717, 1.165) is 37.9 Å². The molecule has 3 heterocycles. The highest BCUT2D eigenvalue weighted by atomic mass is 32.1. The summed E-state index contributed by atoms with van der Waals surface area (Å²) in [5.41, 5.74) is 4.29. The molecule has 1 aliphatic carbocycles. The number of thiophene rings is 1. The fraction of sp³-hybridized carbons (Fsp3) is 0.357. The van der Waals surface area contributed by atoms with E-state index in [1.165, 1.54) is 11.1 Å². The van der Waals surface area contributed by atoms with E-state index < -0.39 is 0 Å². The van der Waals surface area contributed by atoms with E-state index in [4.69, 9.17) is 0 Å². The lowest BCUT2D eigenvalue weighted by Gasteiger charge is -2.40. The minimum Gasteiger partial charge on any atom is -0.378 e. The van der Waals surface area contributed by atoms with E-state index in [2.05, 4.69) is 56.6 Å². The number of likely N-dealkylation sites (tertiary alicyclic amines) is 1. The van der Waals surface area contributed by atoms with Crippen molar-refractivity contribution in [3.63, 3.8) is 0 Å². The van der Waals surface area contributed by atoms with Crippen LogP contribution in [0.5, 0.6) is 0 Å². The maximum absolute atomic E-state index is 14.0. The molecule has 2 amide bonds. The third kappa shape index (κ3) is 3.70. The van der Waals surface area contributed by atoms with Crippen molar-refractivity contribution in [2.45, 2.75) is 43.8 Å². The minimum absolute atomic E-state index is 0.0703. The smallest absolute Gasteiger partial charge is 0.251 e. The van der Waals surface area contributed by atoms with Crippen molar-refractivity contribution in [3.05, 3.63) is 88.1 Å². The fourth-order valence-electron chi connectivity index (χ4n) is 6.24. The van der Waals surface area contributed by atoms with Crippen LogP contribution in [0.4, 0.5) is 5.69 Å². The number of fused-ring (bicyclic) bond motifs is 3. The number of para-hydroxylation sites is 1. The van der Waals surface area contributed by atoms with Gasteiger partial charge in [-0.25, -0.2) is 0 Å². The molecule has 1 aromatic heterocycles. The predicted octanol–water partition coefficient (Wildman–Crippen LogP) is 5.40. The summed E-state index contributed by atoms with van der Waals surface area (Å²) in [4.78, 5) is 28.9. The van der Waals surface area contributed by atoms with Crippen molar-refractivity contribution in [1.82, 2.24) is 10.2 Å². The van der Waals surface area contributed by atoms with Crippen molar-refractivity contribution in [2.75, 3.05) is 11.9 Å². The first kappa shape index (κ1) is 21.4. The highest BCUT2D eigenvalue weighted by molar-refractivity contribution is 7.08. The number of nitrogens with zero attached hydrogens (tertiary/aromatic N) is 1. The van der Waals surface area contributed by atoms with Crippen LogP contribution in [0.1, 0.15) is 59.3 Å². The van der Waals surface area contributed by atoms with Crippen molar-refractivity contribution in [1.29, 1.82) is 0 Å². The van der Waals surface area contributed by atoms with Crippen molar-refractivity contribution in [3.8, 4) is 0 Å². The Labute approximate surface area is 204 Å². The summed E-state index contributed by atoms with van der Waals surface area (Å²) in [7, 11) is 0. The summed E-state index contributed by atoms with van der Waals surface area (Å²) in [5.74, 6) is 0.290. The third-order valence-corrected chi connectivity index (χ3v) is 8.54. The largest absolute Gasteiger partial charge is 0.378 e. The first-order chi connectivity index (χ1) is 16.7. The monoisotopic (exact) mass is 471 g/mol. The normalized spacial score (nSPS) is 27.5. The van der Waals surface area contributed by atoms with Gasteiger partial charge < -0.3 is 15.5 Å². The van der Waals surface area contributed by atoms with Gasteiger partial charge in [-0.1, -0.05) is 42.8 Å². The van der Waals surface area contributed by atoms with Gasteiger partial charge in [0.05, 0.1) is 18.0 Å². The van der Waals surface area contributed by atoms with Crippen molar-refractivity contribution in [2.24, 2.45) is 11.8 Å². The number of benzene rings is 2. The van der Waals surface area contributed by atoms with Crippen LogP contribution in [0.2, 0.25) is 0 Å². The number of nitrogens with one attached hydrogen (secondary N) is 2. The van der Waals surface area contributed by atoms with Crippen LogP contribution in [-0.4, -0.2) is 29.3 Å². The SMILES string of the molecule is O=C(N[C@@H]1CCC[C@@H]1C(=O)N1CC[C@H]2[C@@H](c3ccsc3)Nc3ccccc3[C@H]21)c1ccccc1. The number of amides is 2. The van der Waals surface area contributed by atoms with Crippen LogP contribution in [0.15, 0.2) is 71.4 Å². The van der Waals surface area contributed by atoms with E-state index in [9.17, 15) is 9.59 Å². The average Bonchev–Trinajstić information content (AvgIpc) is 3.65. The summed E-state index contributed by atoms with van der Waals surface area (Å²) < 4.78 is 0. The number of anilines is 1. The minimum atomic E-state index is -0.159. The molecule has 0 spiro atoms. The molecule has 34 heavy (non-hydrogen) atoms. The number of carbonyl (C=O) groups is 2. The van der Waals surface area contributed by atoms with Gasteiger partial charge >= 0.3 is 0 Å². The van der Waals surface area contributed by atoms with Gasteiger partial charge in [-0.05, 0) is 65.4 Å². The Balaban J connectivity index is 1.26. The zero-order valence-electron chi connectivity index (χ0n) is 19.0. The summed E-state index contributed by atoms with van der Waals surface area (Å²) in [6.07, 6.45) is 3.63. The van der Waals surface area contributed by atoms with E-state index in [1.54, 1.807) is 11.3 Å². The molecule has 5 atom stereocenters. The molecule has 6 heteroatoms. The van der Waals surface area contributed by atoms with Crippen LogP contribution < -0.4 is 10.6 Å². The Bertz CT molecular complexity index is 1180. The Hall–Kier alpha value is -3.12. The molecular formula is C28H29N3O2S. The number of hydrogen-bond donors (Lipinski definition) is 2. The topological polar surface area (TPSA) is 61.4 Å². The zero-order valence-corrected chi connectivity index (χ0v) is 19.8. The molecule has 3 aliphatic rings. The van der Waals surface area contributed by atoms with Crippen molar-refractivity contribution < 1.29 is 9.59 Å². The lowest BCUT2D eigenvalue weighted by molar-refractivity contribution is -0.137. The van der Waals surface area contributed by atoms with Crippen molar-refractivity contribution >= 4 is 28.8 Å². The lowest BCUT2D eigenvalue weighted by Crippen LogP contribution is -2.46. The third-order valence-electron chi connectivity index (χ3n) is 7.83. The van der Waals surface area contributed by atoms with Gasteiger partial charge in [-0.15, -0.1) is 0 Å². The molecular weight excluding hydrogens is 442 g/mol. The molecule has 3 aromatic rings. The maximum Gasteiger partial charge on any atom is 0.251 e. The van der Waals surface area contributed by atoms with Crippen LogP contribution in [-0.2, 0) is 4.79 Å². The lowest BCUT2D eigenvalue weighted by atomic mass is 9.80. The molecule has 0 bridgehead atoms. The first-order valence-electron chi connectivity index (χ1n) is 12.2. The molecule has 2 N–H and O–H groups in total. The molecule has 5 nitrogen and oxygen atoms in total. The molecule has 2 fully saturated rings. The fourth-order valence-corrected chi connectivity index (χ4v) is 6.93. The second-order valence-electron chi connectivity index (χ2n) is 9.68. The van der Waals surface area contributed by atoms with E-state index in [1.807, 2.05) is 30.3 Å². The summed E-state index contributed by atoms with van der Waals surface area (Å²) in [6.45, 7) is 0.765. The maximum atomic E-state index is 14.0. The quantitative estimate of drug-likeness (QED) is 0.535. The van der Waals surface area contributed by atoms with Crippen LogP contribution in [0, 0.1) is 11.8 Å². The molecule has 174 valence electrons. The van der Waals surface area contributed by atoms with Gasteiger partial charge in [0.2, 0.25) is 5.91 Å². The molecule has 2 aromatic carbocycles. The van der Waals surface area contributed by atoms with Crippen LogP contribution >= 0.6 is 11.3 Å². The van der Waals surface area contributed by atoms with E-state index in [0.29, 0.717) is 11.5 Å². The Morgan fingerprint density at radius 1 is 0.971 bits per heavy atom. The second kappa shape index (κ2) is 8.91. The second-order valence-corrected chi connectivity index (χ2v) is 10.5. The molecule has 2 aliphatic heterocycles. The Morgan fingerprint density at radius 2 is 1.79 bits per heavy atom. The number of carbonyl (C=O) groups excluding carboxylic acids is 2. The molecule has 0 radical (unpaired) electrons. The molecule has 1 saturated heterocycles. The molecule has 1 saturated carbocycles. The Kier molecular flexibility index (Phi) is 5.61. The highest BCUT2D eigenvalue weighted by Crippen LogP contribution is 2.52. The zero-order chi connectivity index (χ0) is 23.1. The van der Waals surface area contributed by atoms with Gasteiger partial charge in [0, 0.05) is 29.8 Å². The average molecular weight is 472 g/mol. The predicted molar refractivity (Wildman–Crippen MR) is 135 cm³/mol. The molecule has 6 rings (SSSR count).